The van der Waals surface area contributed by atoms with E-state index in [1.807, 2.05) is 24.2 Å². The fraction of sp³-hybridized carbons (Fsp3) is 0.474. The van der Waals surface area contributed by atoms with Crippen LogP contribution in [0.5, 0.6) is 0 Å². The van der Waals surface area contributed by atoms with E-state index >= 15 is 0 Å². The summed E-state index contributed by atoms with van der Waals surface area (Å²) in [6.07, 6.45) is 0.856. The van der Waals surface area contributed by atoms with Gasteiger partial charge in [-0.3, -0.25) is 9.89 Å². The molecule has 0 bridgehead atoms. The van der Waals surface area contributed by atoms with Gasteiger partial charge in [0.15, 0.2) is 0 Å². The van der Waals surface area contributed by atoms with Gasteiger partial charge in [0.2, 0.25) is 5.95 Å². The van der Waals surface area contributed by atoms with Crippen LogP contribution in [0, 0.1) is 12.9 Å². The van der Waals surface area contributed by atoms with Gasteiger partial charge in [0.25, 0.3) is 12.3 Å². The van der Waals surface area contributed by atoms with Gasteiger partial charge >= 0.3 is 0 Å². The number of aromatic amines is 1. The van der Waals surface area contributed by atoms with Crippen LogP contribution in [0.15, 0.2) is 18.2 Å². The van der Waals surface area contributed by atoms with Crippen LogP contribution in [0.2, 0.25) is 0 Å². The molecule has 0 atom stereocenters. The number of nitrogens with one attached hydrogen (secondary N) is 1. The molecule has 0 radical (unpaired) electrons. The third kappa shape index (κ3) is 3.22. The van der Waals surface area contributed by atoms with E-state index in [0.717, 1.165) is 36.8 Å². The lowest BCUT2D eigenvalue weighted by Gasteiger charge is -2.24. The molecule has 138 valence electrons. The van der Waals surface area contributed by atoms with Gasteiger partial charge in [-0.15, -0.1) is 0 Å². The van der Waals surface area contributed by atoms with E-state index in [9.17, 15) is 18.0 Å². The van der Waals surface area contributed by atoms with Crippen LogP contribution in [0.1, 0.15) is 70.8 Å². The SMILES string of the molecule is Cc1ccc(C2CC2)c(CN(C(=O)c2c(C(F)F)n[nH]c2F)C2CC2)c1. The van der Waals surface area contributed by atoms with Crippen molar-refractivity contribution in [1.29, 1.82) is 0 Å². The van der Waals surface area contributed by atoms with Gasteiger partial charge < -0.3 is 4.90 Å². The zero-order chi connectivity index (χ0) is 18.4. The number of H-pyrrole nitrogens is 1. The fourth-order valence-corrected chi connectivity index (χ4v) is 3.44. The first-order valence-corrected chi connectivity index (χ1v) is 8.88. The van der Waals surface area contributed by atoms with Crippen LogP contribution in [0.3, 0.4) is 0 Å². The highest BCUT2D eigenvalue weighted by atomic mass is 19.3. The molecule has 2 aliphatic carbocycles. The number of carbonyl (C=O) groups excluding carboxylic acids is 1. The molecule has 0 saturated heterocycles. The van der Waals surface area contributed by atoms with E-state index in [1.165, 1.54) is 10.5 Å². The third-order valence-electron chi connectivity index (χ3n) is 5.08. The van der Waals surface area contributed by atoms with E-state index in [-0.39, 0.29) is 6.04 Å². The van der Waals surface area contributed by atoms with E-state index in [2.05, 4.69) is 11.2 Å². The molecule has 4 nitrogen and oxygen atoms in total. The lowest BCUT2D eigenvalue weighted by atomic mass is 10.00. The van der Waals surface area contributed by atoms with Gasteiger partial charge in [0, 0.05) is 12.6 Å². The Morgan fingerprint density at radius 3 is 2.65 bits per heavy atom. The number of carbonyl (C=O) groups is 1. The van der Waals surface area contributed by atoms with Crippen molar-refractivity contribution < 1.29 is 18.0 Å². The monoisotopic (exact) mass is 363 g/mol. The Bertz CT molecular complexity index is 841. The number of alkyl halides is 2. The number of nitrogens with zero attached hydrogens (tertiary/aromatic N) is 2. The average molecular weight is 363 g/mol. The number of aryl methyl sites for hydroxylation is 1. The van der Waals surface area contributed by atoms with Crippen molar-refractivity contribution in [2.24, 2.45) is 0 Å². The average Bonchev–Trinajstić information content (AvgIpc) is 3.50. The molecule has 1 aromatic heterocycles. The second-order valence-corrected chi connectivity index (χ2v) is 7.24. The first kappa shape index (κ1) is 17.1. The molecule has 1 heterocycles. The molecule has 1 aromatic carbocycles. The number of hydrogen-bond donors (Lipinski definition) is 1. The molecule has 0 spiro atoms. The number of amides is 1. The second kappa shape index (κ2) is 6.45. The maximum Gasteiger partial charge on any atom is 0.283 e. The molecule has 7 heteroatoms. The molecule has 4 rings (SSSR count). The Morgan fingerprint density at radius 2 is 2.04 bits per heavy atom. The van der Waals surface area contributed by atoms with Crippen molar-refractivity contribution in [3.05, 3.63) is 52.1 Å². The third-order valence-corrected chi connectivity index (χ3v) is 5.08. The molecule has 2 saturated carbocycles. The van der Waals surface area contributed by atoms with Crippen molar-refractivity contribution >= 4 is 5.91 Å². The molecular formula is C19H20F3N3O. The Labute approximate surface area is 149 Å². The first-order valence-electron chi connectivity index (χ1n) is 8.88. The van der Waals surface area contributed by atoms with E-state index < -0.39 is 29.5 Å². The van der Waals surface area contributed by atoms with Crippen LogP contribution < -0.4 is 0 Å². The minimum Gasteiger partial charge on any atom is -0.331 e. The highest BCUT2D eigenvalue weighted by Crippen LogP contribution is 2.43. The van der Waals surface area contributed by atoms with Gasteiger partial charge in [0.05, 0.1) is 0 Å². The van der Waals surface area contributed by atoms with E-state index in [1.54, 1.807) is 0 Å². The second-order valence-electron chi connectivity index (χ2n) is 7.24. The smallest absolute Gasteiger partial charge is 0.283 e. The summed E-state index contributed by atoms with van der Waals surface area (Å²) in [4.78, 5) is 14.4. The van der Waals surface area contributed by atoms with Crippen LogP contribution >= 0.6 is 0 Å². The first-order chi connectivity index (χ1) is 12.5. The molecule has 1 amide bonds. The summed E-state index contributed by atoms with van der Waals surface area (Å²) in [6.45, 7) is 2.29. The van der Waals surface area contributed by atoms with E-state index in [0.29, 0.717) is 12.5 Å². The molecule has 26 heavy (non-hydrogen) atoms. The van der Waals surface area contributed by atoms with Crippen LogP contribution in [-0.2, 0) is 6.54 Å². The van der Waals surface area contributed by atoms with Gasteiger partial charge in [-0.1, -0.05) is 23.8 Å². The van der Waals surface area contributed by atoms with Crippen molar-refractivity contribution in [3.8, 4) is 0 Å². The predicted molar refractivity (Wildman–Crippen MR) is 89.6 cm³/mol. The number of halogens is 3. The molecule has 0 aliphatic heterocycles. The minimum atomic E-state index is -3.00. The van der Waals surface area contributed by atoms with Crippen molar-refractivity contribution in [2.75, 3.05) is 0 Å². The lowest BCUT2D eigenvalue weighted by Crippen LogP contribution is -2.34. The van der Waals surface area contributed by atoms with Crippen LogP contribution in [0.4, 0.5) is 13.2 Å². The summed E-state index contributed by atoms with van der Waals surface area (Å²) in [5, 5.41) is 5.16. The number of rotatable bonds is 6. The van der Waals surface area contributed by atoms with Crippen LogP contribution in [-0.4, -0.2) is 27.0 Å². The molecule has 2 aromatic rings. The fourth-order valence-electron chi connectivity index (χ4n) is 3.44. The Morgan fingerprint density at radius 1 is 1.31 bits per heavy atom. The Balaban J connectivity index is 1.67. The van der Waals surface area contributed by atoms with Gasteiger partial charge in [-0.25, -0.2) is 8.78 Å². The summed E-state index contributed by atoms with van der Waals surface area (Å²) < 4.78 is 40.2. The highest BCUT2D eigenvalue weighted by molar-refractivity contribution is 5.95. The topological polar surface area (TPSA) is 49.0 Å². The summed E-state index contributed by atoms with van der Waals surface area (Å²) in [5.41, 5.74) is 1.86. The zero-order valence-electron chi connectivity index (χ0n) is 14.4. The lowest BCUT2D eigenvalue weighted by molar-refractivity contribution is 0.0712. The number of aromatic nitrogens is 2. The van der Waals surface area contributed by atoms with E-state index in [4.69, 9.17) is 0 Å². The van der Waals surface area contributed by atoms with Crippen molar-refractivity contribution in [2.45, 2.75) is 57.5 Å². The maximum atomic E-state index is 14.0. The normalized spacial score (nSPS) is 17.0. The van der Waals surface area contributed by atoms with Crippen LogP contribution in [0.25, 0.3) is 0 Å². The quantitative estimate of drug-likeness (QED) is 0.823. The molecule has 1 N–H and O–H groups in total. The zero-order valence-corrected chi connectivity index (χ0v) is 14.4. The number of benzene rings is 1. The predicted octanol–water partition coefficient (Wildman–Crippen LogP) is 4.48. The molecule has 2 fully saturated rings. The Hall–Kier alpha value is -2.31. The van der Waals surface area contributed by atoms with Crippen molar-refractivity contribution in [1.82, 2.24) is 15.1 Å². The van der Waals surface area contributed by atoms with Gasteiger partial charge in [-0.2, -0.15) is 9.49 Å². The summed E-state index contributed by atoms with van der Waals surface area (Å²) in [6, 6.07) is 6.14. The molecule has 0 unspecified atom stereocenters. The summed E-state index contributed by atoms with van der Waals surface area (Å²) >= 11 is 0. The van der Waals surface area contributed by atoms with Gasteiger partial charge in [0.1, 0.15) is 11.3 Å². The molecular weight excluding hydrogens is 343 g/mol. The van der Waals surface area contributed by atoms with Crippen molar-refractivity contribution in [3.63, 3.8) is 0 Å². The maximum absolute atomic E-state index is 14.0. The molecule has 2 aliphatic rings. The summed E-state index contributed by atoms with van der Waals surface area (Å²) in [7, 11) is 0. The number of hydrogen-bond acceptors (Lipinski definition) is 2. The summed E-state index contributed by atoms with van der Waals surface area (Å²) in [5.74, 6) is -1.30. The minimum absolute atomic E-state index is 0.0325. The largest absolute Gasteiger partial charge is 0.331 e. The highest BCUT2D eigenvalue weighted by Gasteiger charge is 2.38. The standard InChI is InChI=1S/C19H20F3N3O/c1-10-2-7-14(11-3-4-11)12(8-10)9-25(13-5-6-13)19(26)15-16(17(20)21)23-24-18(15)22/h2,7-8,11,13,17H,3-6,9H2,1H3,(H,23,24). The van der Waals surface area contributed by atoms with Gasteiger partial charge in [-0.05, 0) is 49.7 Å². The Kier molecular flexibility index (Phi) is 4.25.